The molecule has 0 aromatic heterocycles. The van der Waals surface area contributed by atoms with E-state index in [9.17, 15) is 4.79 Å². The van der Waals surface area contributed by atoms with Crippen molar-refractivity contribution in [3.8, 4) is 0 Å². The minimum Gasteiger partial charge on any atom is -0.469 e. The lowest BCUT2D eigenvalue weighted by Gasteiger charge is -2.20. The van der Waals surface area contributed by atoms with E-state index >= 15 is 0 Å². The van der Waals surface area contributed by atoms with Gasteiger partial charge in [0.05, 0.1) is 25.7 Å². The molecule has 0 aliphatic carbocycles. The molecule has 0 radical (unpaired) electrons. The van der Waals surface area contributed by atoms with Crippen molar-refractivity contribution >= 4 is 5.97 Å². The van der Waals surface area contributed by atoms with E-state index in [-0.39, 0.29) is 5.97 Å². The number of carbonyl (C=O) groups is 1. The average molecular weight is 175 g/mol. The quantitative estimate of drug-likeness (QED) is 0.477. The van der Waals surface area contributed by atoms with E-state index in [0.717, 1.165) is 0 Å². The zero-order valence-corrected chi connectivity index (χ0v) is 7.92. The van der Waals surface area contributed by atoms with Crippen molar-refractivity contribution in [2.45, 2.75) is 13.8 Å². The van der Waals surface area contributed by atoms with E-state index in [2.05, 4.69) is 4.74 Å². The van der Waals surface area contributed by atoms with Crippen LogP contribution in [-0.4, -0.2) is 32.8 Å². The molecule has 0 fully saturated rings. The maximum atomic E-state index is 11.1. The monoisotopic (exact) mass is 175 g/mol. The Bertz CT molecular complexity index is 145. The number of carbonyl (C=O) groups excluding carboxylic acids is 1. The van der Waals surface area contributed by atoms with Crippen LogP contribution in [0.2, 0.25) is 0 Å². The molecule has 0 amide bonds. The number of rotatable bonds is 5. The van der Waals surface area contributed by atoms with Gasteiger partial charge >= 0.3 is 5.97 Å². The fraction of sp³-hybridized carbons (Fsp3) is 0.875. The Kier molecular flexibility index (Phi) is 4.85. The molecule has 0 saturated carbocycles. The highest BCUT2D eigenvalue weighted by Gasteiger charge is 2.28. The summed E-state index contributed by atoms with van der Waals surface area (Å²) in [6, 6.07) is 0. The Hall–Kier alpha value is -0.610. The van der Waals surface area contributed by atoms with Gasteiger partial charge in [-0.2, -0.15) is 0 Å². The second-order valence-electron chi connectivity index (χ2n) is 3.22. The number of hydrogen-bond donors (Lipinski definition) is 1. The van der Waals surface area contributed by atoms with E-state index < -0.39 is 5.41 Å². The van der Waals surface area contributed by atoms with Crippen LogP contribution in [0.1, 0.15) is 13.8 Å². The van der Waals surface area contributed by atoms with Crippen molar-refractivity contribution in [3.05, 3.63) is 0 Å². The van der Waals surface area contributed by atoms with Crippen molar-refractivity contribution in [3.63, 3.8) is 0 Å². The summed E-state index contributed by atoms with van der Waals surface area (Å²) < 4.78 is 9.74. The molecule has 0 rings (SSSR count). The minimum absolute atomic E-state index is 0.264. The first-order valence-corrected chi connectivity index (χ1v) is 3.91. The van der Waals surface area contributed by atoms with Gasteiger partial charge in [-0.05, 0) is 13.8 Å². The molecular formula is C8H17NO3. The molecule has 0 spiro atoms. The highest BCUT2D eigenvalue weighted by atomic mass is 16.5. The lowest BCUT2D eigenvalue weighted by Crippen LogP contribution is -2.31. The lowest BCUT2D eigenvalue weighted by molar-refractivity contribution is -0.154. The highest BCUT2D eigenvalue weighted by Crippen LogP contribution is 2.16. The largest absolute Gasteiger partial charge is 0.469 e. The first-order valence-electron chi connectivity index (χ1n) is 3.91. The van der Waals surface area contributed by atoms with Gasteiger partial charge in [0.15, 0.2) is 0 Å². The first kappa shape index (κ1) is 11.4. The normalized spacial score (nSPS) is 11.3. The molecule has 0 heterocycles. The van der Waals surface area contributed by atoms with E-state index in [1.807, 2.05) is 0 Å². The van der Waals surface area contributed by atoms with Crippen LogP contribution in [0.4, 0.5) is 0 Å². The van der Waals surface area contributed by atoms with Gasteiger partial charge in [0.2, 0.25) is 0 Å². The molecule has 4 heteroatoms. The summed E-state index contributed by atoms with van der Waals surface area (Å²) in [5.74, 6) is -0.264. The lowest BCUT2D eigenvalue weighted by atomic mass is 9.95. The van der Waals surface area contributed by atoms with Gasteiger partial charge in [-0.15, -0.1) is 0 Å². The molecule has 0 atom stereocenters. The second kappa shape index (κ2) is 5.11. The smallest absolute Gasteiger partial charge is 0.313 e. The summed E-state index contributed by atoms with van der Waals surface area (Å²) in [5, 5.41) is 0. The van der Waals surface area contributed by atoms with Crippen molar-refractivity contribution in [2.24, 2.45) is 11.1 Å². The van der Waals surface area contributed by atoms with Crippen LogP contribution in [-0.2, 0) is 14.3 Å². The fourth-order valence-corrected chi connectivity index (χ4v) is 0.746. The topological polar surface area (TPSA) is 61.5 Å². The Balaban J connectivity index is 3.78. The van der Waals surface area contributed by atoms with E-state index in [1.54, 1.807) is 13.8 Å². The third-order valence-corrected chi connectivity index (χ3v) is 1.46. The number of ether oxygens (including phenoxy) is 2. The van der Waals surface area contributed by atoms with Crippen molar-refractivity contribution in [2.75, 3.05) is 26.9 Å². The molecule has 0 bridgehead atoms. The van der Waals surface area contributed by atoms with E-state index in [1.165, 1.54) is 7.11 Å². The Morgan fingerprint density at radius 1 is 1.50 bits per heavy atom. The molecule has 0 aromatic carbocycles. The molecular weight excluding hydrogens is 158 g/mol. The molecule has 4 nitrogen and oxygen atoms in total. The van der Waals surface area contributed by atoms with Crippen LogP contribution < -0.4 is 5.73 Å². The Morgan fingerprint density at radius 3 is 2.50 bits per heavy atom. The second-order valence-corrected chi connectivity index (χ2v) is 3.22. The van der Waals surface area contributed by atoms with E-state index in [4.69, 9.17) is 10.5 Å². The maximum Gasteiger partial charge on any atom is 0.313 e. The predicted octanol–water partition coefficient (Wildman–Crippen LogP) is 0.161. The fourth-order valence-electron chi connectivity index (χ4n) is 0.746. The van der Waals surface area contributed by atoms with Gasteiger partial charge in [0.25, 0.3) is 0 Å². The molecule has 0 aliphatic rings. The molecule has 72 valence electrons. The zero-order valence-electron chi connectivity index (χ0n) is 7.92. The van der Waals surface area contributed by atoms with Crippen molar-refractivity contribution in [1.29, 1.82) is 0 Å². The number of methoxy groups -OCH3 is 1. The summed E-state index contributed by atoms with van der Waals surface area (Å²) in [6.45, 7) is 4.83. The minimum atomic E-state index is -0.579. The van der Waals surface area contributed by atoms with Gasteiger partial charge in [0.1, 0.15) is 0 Å². The number of hydrogen-bond acceptors (Lipinski definition) is 4. The summed E-state index contributed by atoms with van der Waals surface area (Å²) in [5.41, 5.74) is 4.65. The van der Waals surface area contributed by atoms with Crippen LogP contribution in [0.5, 0.6) is 0 Å². The summed E-state index contributed by atoms with van der Waals surface area (Å²) in [6.07, 6.45) is 0. The molecule has 0 unspecified atom stereocenters. The van der Waals surface area contributed by atoms with Gasteiger partial charge in [0, 0.05) is 6.54 Å². The summed E-state index contributed by atoms with van der Waals surface area (Å²) in [7, 11) is 1.37. The van der Waals surface area contributed by atoms with Crippen LogP contribution in [0.3, 0.4) is 0 Å². The SMILES string of the molecule is COC(=O)C(C)(C)COCCN. The summed E-state index contributed by atoms with van der Waals surface area (Å²) in [4.78, 5) is 11.1. The molecule has 0 aliphatic heterocycles. The highest BCUT2D eigenvalue weighted by molar-refractivity contribution is 5.75. The van der Waals surface area contributed by atoms with Gasteiger partial charge in [-0.1, -0.05) is 0 Å². The van der Waals surface area contributed by atoms with Crippen LogP contribution in [0.15, 0.2) is 0 Å². The number of esters is 1. The third-order valence-electron chi connectivity index (χ3n) is 1.46. The van der Waals surface area contributed by atoms with Crippen molar-refractivity contribution in [1.82, 2.24) is 0 Å². The Labute approximate surface area is 73.0 Å². The molecule has 0 saturated heterocycles. The van der Waals surface area contributed by atoms with Gasteiger partial charge < -0.3 is 15.2 Å². The zero-order chi connectivity index (χ0) is 9.61. The molecule has 0 aromatic rings. The maximum absolute atomic E-state index is 11.1. The van der Waals surface area contributed by atoms with Gasteiger partial charge in [-0.25, -0.2) is 0 Å². The molecule has 2 N–H and O–H groups in total. The van der Waals surface area contributed by atoms with Crippen LogP contribution in [0, 0.1) is 5.41 Å². The predicted molar refractivity (Wildman–Crippen MR) is 45.7 cm³/mol. The van der Waals surface area contributed by atoms with Crippen LogP contribution >= 0.6 is 0 Å². The third kappa shape index (κ3) is 3.69. The van der Waals surface area contributed by atoms with Gasteiger partial charge in [-0.3, -0.25) is 4.79 Å². The van der Waals surface area contributed by atoms with Crippen molar-refractivity contribution < 1.29 is 14.3 Å². The first-order chi connectivity index (χ1) is 5.54. The average Bonchev–Trinajstić information content (AvgIpc) is 2.03. The Morgan fingerprint density at radius 2 is 2.08 bits per heavy atom. The standard InChI is InChI=1S/C8H17NO3/c1-8(2,7(10)11-3)6-12-5-4-9/h4-6,9H2,1-3H3. The number of nitrogens with two attached hydrogens (primary N) is 1. The van der Waals surface area contributed by atoms with E-state index in [0.29, 0.717) is 19.8 Å². The molecule has 12 heavy (non-hydrogen) atoms. The van der Waals surface area contributed by atoms with Crippen LogP contribution in [0.25, 0.3) is 0 Å². The summed E-state index contributed by atoms with van der Waals surface area (Å²) >= 11 is 0.